The summed E-state index contributed by atoms with van der Waals surface area (Å²) in [5.74, 6) is 0.696. The smallest absolute Gasteiger partial charge is 0.0485 e. The Balaban J connectivity index is 2.26. The third kappa shape index (κ3) is 1.59. The molecule has 2 heterocycles. The number of rotatable bonds is 1. The van der Waals surface area contributed by atoms with Gasteiger partial charge in [0.05, 0.1) is 0 Å². The maximum Gasteiger partial charge on any atom is 0.0485 e. The molecule has 1 aliphatic rings. The Bertz CT molecular complexity index is 560. The van der Waals surface area contributed by atoms with E-state index in [-0.39, 0.29) is 0 Å². The largest absolute Gasteiger partial charge is 0.348 e. The Labute approximate surface area is 103 Å². The zero-order valence-corrected chi connectivity index (χ0v) is 10.9. The molecule has 0 amide bonds. The third-order valence-electron chi connectivity index (χ3n) is 4.17. The van der Waals surface area contributed by atoms with Gasteiger partial charge in [-0.15, -0.1) is 0 Å². The van der Waals surface area contributed by atoms with Crippen molar-refractivity contribution in [1.82, 2.24) is 9.88 Å². The van der Waals surface area contributed by atoms with Gasteiger partial charge in [-0.05, 0) is 49.9 Å². The quantitative estimate of drug-likeness (QED) is 0.794. The molecule has 1 fully saturated rings. The summed E-state index contributed by atoms with van der Waals surface area (Å²) in [7, 11) is 2.18. The molecular formula is C15H20N2. The molecule has 90 valence electrons. The van der Waals surface area contributed by atoms with Gasteiger partial charge in [0.2, 0.25) is 0 Å². The molecule has 2 aromatic rings. The fourth-order valence-electron chi connectivity index (χ4n) is 3.12. The van der Waals surface area contributed by atoms with Gasteiger partial charge in [-0.3, -0.25) is 0 Å². The maximum atomic E-state index is 3.47. The van der Waals surface area contributed by atoms with E-state index < -0.39 is 0 Å². The lowest BCUT2D eigenvalue weighted by Gasteiger charge is -2.09. The van der Waals surface area contributed by atoms with Gasteiger partial charge in [0, 0.05) is 30.2 Å². The highest BCUT2D eigenvalue weighted by Crippen LogP contribution is 2.34. The average molecular weight is 228 g/mol. The first-order chi connectivity index (χ1) is 8.18. The second-order valence-corrected chi connectivity index (χ2v) is 5.27. The van der Waals surface area contributed by atoms with E-state index in [1.165, 1.54) is 28.6 Å². The highest BCUT2D eigenvalue weighted by Gasteiger charge is 2.23. The fourth-order valence-corrected chi connectivity index (χ4v) is 3.12. The summed E-state index contributed by atoms with van der Waals surface area (Å²) in [4.78, 5) is 0. The Hall–Kier alpha value is -1.28. The number of benzene rings is 1. The van der Waals surface area contributed by atoms with Gasteiger partial charge < -0.3 is 9.88 Å². The lowest BCUT2D eigenvalue weighted by atomic mass is 9.95. The van der Waals surface area contributed by atoms with Gasteiger partial charge in [0.25, 0.3) is 0 Å². The highest BCUT2D eigenvalue weighted by molar-refractivity contribution is 5.86. The normalized spacial score (nSPS) is 20.3. The third-order valence-corrected chi connectivity index (χ3v) is 4.17. The van der Waals surface area contributed by atoms with Crippen molar-refractivity contribution in [2.75, 3.05) is 13.1 Å². The molecule has 2 heteroatoms. The van der Waals surface area contributed by atoms with E-state index in [9.17, 15) is 0 Å². The molecule has 1 saturated heterocycles. The van der Waals surface area contributed by atoms with Crippen LogP contribution in [0.15, 0.2) is 18.2 Å². The van der Waals surface area contributed by atoms with E-state index in [2.05, 4.69) is 49.0 Å². The van der Waals surface area contributed by atoms with Crippen molar-refractivity contribution in [3.8, 4) is 0 Å². The van der Waals surface area contributed by atoms with Crippen LogP contribution in [0.4, 0.5) is 0 Å². The van der Waals surface area contributed by atoms with Crippen LogP contribution in [0.25, 0.3) is 10.9 Å². The second-order valence-electron chi connectivity index (χ2n) is 5.27. The number of hydrogen-bond donors (Lipinski definition) is 1. The van der Waals surface area contributed by atoms with Crippen LogP contribution < -0.4 is 5.32 Å². The van der Waals surface area contributed by atoms with Crippen LogP contribution in [0.1, 0.15) is 29.2 Å². The number of nitrogens with zero attached hydrogens (tertiary/aromatic N) is 1. The number of fused-ring (bicyclic) bond motifs is 1. The highest BCUT2D eigenvalue weighted by atomic mass is 15.0. The van der Waals surface area contributed by atoms with Crippen molar-refractivity contribution in [1.29, 1.82) is 0 Å². The first-order valence-electron chi connectivity index (χ1n) is 6.44. The molecule has 2 nitrogen and oxygen atoms in total. The average Bonchev–Trinajstić information content (AvgIpc) is 2.90. The maximum absolute atomic E-state index is 3.47. The van der Waals surface area contributed by atoms with Crippen molar-refractivity contribution < 1.29 is 0 Å². The standard InChI is InChI=1S/C15H20N2/c1-10-4-5-13-14(8-10)17(3)11(2)15(13)12-6-7-16-9-12/h4-5,8,12,16H,6-7,9H2,1-3H3. The van der Waals surface area contributed by atoms with Crippen LogP contribution in [-0.4, -0.2) is 17.7 Å². The van der Waals surface area contributed by atoms with Gasteiger partial charge in [-0.2, -0.15) is 0 Å². The summed E-state index contributed by atoms with van der Waals surface area (Å²) in [5.41, 5.74) is 5.71. The first kappa shape index (κ1) is 10.8. The first-order valence-corrected chi connectivity index (χ1v) is 6.44. The van der Waals surface area contributed by atoms with Crippen molar-refractivity contribution >= 4 is 10.9 Å². The van der Waals surface area contributed by atoms with Crippen molar-refractivity contribution in [3.05, 3.63) is 35.0 Å². The van der Waals surface area contributed by atoms with Gasteiger partial charge in [0.15, 0.2) is 0 Å². The summed E-state index contributed by atoms with van der Waals surface area (Å²) in [6.45, 7) is 6.71. The van der Waals surface area contributed by atoms with Crippen LogP contribution in [0, 0.1) is 13.8 Å². The Morgan fingerprint density at radius 2 is 2.12 bits per heavy atom. The number of hydrogen-bond acceptors (Lipinski definition) is 1. The second kappa shape index (κ2) is 3.88. The molecule has 0 aliphatic carbocycles. The molecule has 3 rings (SSSR count). The van der Waals surface area contributed by atoms with Crippen LogP contribution in [0.3, 0.4) is 0 Å². The predicted molar refractivity (Wildman–Crippen MR) is 72.6 cm³/mol. The van der Waals surface area contributed by atoms with Crippen LogP contribution in [-0.2, 0) is 7.05 Å². The fraction of sp³-hybridized carbons (Fsp3) is 0.467. The summed E-state index contributed by atoms with van der Waals surface area (Å²) >= 11 is 0. The Morgan fingerprint density at radius 3 is 2.82 bits per heavy atom. The summed E-state index contributed by atoms with van der Waals surface area (Å²) in [6.07, 6.45) is 1.27. The van der Waals surface area contributed by atoms with Gasteiger partial charge in [0.1, 0.15) is 0 Å². The SMILES string of the molecule is Cc1ccc2c(C3CCNC3)c(C)n(C)c2c1. The summed E-state index contributed by atoms with van der Waals surface area (Å²) < 4.78 is 2.34. The monoisotopic (exact) mass is 228 g/mol. The predicted octanol–water partition coefficient (Wildman–Crippen LogP) is 2.87. The molecular weight excluding hydrogens is 208 g/mol. The Kier molecular flexibility index (Phi) is 2.48. The summed E-state index contributed by atoms with van der Waals surface area (Å²) in [6, 6.07) is 6.83. The molecule has 1 unspecified atom stereocenters. The minimum atomic E-state index is 0.696. The molecule has 1 aromatic carbocycles. The molecule has 0 spiro atoms. The van der Waals surface area contributed by atoms with E-state index in [0.29, 0.717) is 5.92 Å². The Morgan fingerprint density at radius 1 is 1.29 bits per heavy atom. The molecule has 1 aromatic heterocycles. The van der Waals surface area contributed by atoms with Crippen LogP contribution in [0.2, 0.25) is 0 Å². The van der Waals surface area contributed by atoms with E-state index >= 15 is 0 Å². The molecule has 1 N–H and O–H groups in total. The minimum absolute atomic E-state index is 0.696. The zero-order chi connectivity index (χ0) is 12.0. The van der Waals surface area contributed by atoms with Gasteiger partial charge in [-0.1, -0.05) is 12.1 Å². The zero-order valence-electron chi connectivity index (χ0n) is 10.9. The van der Waals surface area contributed by atoms with Crippen molar-refractivity contribution in [2.24, 2.45) is 7.05 Å². The lowest BCUT2D eigenvalue weighted by Crippen LogP contribution is -2.08. The molecule has 0 bridgehead atoms. The van der Waals surface area contributed by atoms with Gasteiger partial charge in [-0.25, -0.2) is 0 Å². The van der Waals surface area contributed by atoms with E-state index in [0.717, 1.165) is 13.1 Å². The van der Waals surface area contributed by atoms with Crippen LogP contribution in [0.5, 0.6) is 0 Å². The lowest BCUT2D eigenvalue weighted by molar-refractivity contribution is 0.751. The number of aryl methyl sites for hydroxylation is 2. The molecule has 0 saturated carbocycles. The van der Waals surface area contributed by atoms with E-state index in [1.807, 2.05) is 0 Å². The topological polar surface area (TPSA) is 17.0 Å². The molecule has 1 aliphatic heterocycles. The van der Waals surface area contributed by atoms with Gasteiger partial charge >= 0.3 is 0 Å². The van der Waals surface area contributed by atoms with Crippen molar-refractivity contribution in [2.45, 2.75) is 26.2 Å². The molecule has 17 heavy (non-hydrogen) atoms. The molecule has 1 atom stereocenters. The van der Waals surface area contributed by atoms with E-state index in [4.69, 9.17) is 0 Å². The number of nitrogens with one attached hydrogen (secondary N) is 1. The van der Waals surface area contributed by atoms with Crippen LogP contribution >= 0.6 is 0 Å². The molecule has 0 radical (unpaired) electrons. The number of aromatic nitrogens is 1. The van der Waals surface area contributed by atoms with E-state index in [1.54, 1.807) is 5.56 Å². The van der Waals surface area contributed by atoms with Crippen molar-refractivity contribution in [3.63, 3.8) is 0 Å². The minimum Gasteiger partial charge on any atom is -0.348 e. The summed E-state index contributed by atoms with van der Waals surface area (Å²) in [5, 5.41) is 4.92.